The van der Waals surface area contributed by atoms with Gasteiger partial charge in [0.1, 0.15) is 30.5 Å². The van der Waals surface area contributed by atoms with Crippen molar-refractivity contribution in [2.45, 2.75) is 109 Å². The summed E-state index contributed by atoms with van der Waals surface area (Å²) in [6.45, 7) is 9.34. The highest BCUT2D eigenvalue weighted by molar-refractivity contribution is 5.96. The van der Waals surface area contributed by atoms with E-state index in [9.17, 15) is 53.7 Å². The predicted octanol–water partition coefficient (Wildman–Crippen LogP) is -4.24. The van der Waals surface area contributed by atoms with E-state index >= 15 is 0 Å². The zero-order valence-electron chi connectivity index (χ0n) is 25.7. The van der Waals surface area contributed by atoms with Crippen LogP contribution < -0.4 is 31.9 Å². The summed E-state index contributed by atoms with van der Waals surface area (Å²) in [4.78, 5) is 96.7. The van der Waals surface area contributed by atoms with E-state index < -0.39 is 96.0 Å². The molecule has 250 valence electrons. The standard InChI is InChI=1S/C26H44N6O12/c1-8-11(2)19(30-16(7)35)23(40)32-20(14(5)34)24(41)28-13(4)21(38)29-15(6)26(43,44)25(42)31-17(9-18(36)37)22(39)27-12(3)10-33/h10-15,17,19-20,34,43-44H,8-9H2,1-7H3,(H,27,39)(H,28,41)(H,29,38)(H,30,35)(H,31,42)(H,32,40)(H,36,37)/t11-,12-,13-,14+,15-,17-,19-,20-/m0/s1. The molecule has 8 atom stereocenters. The highest BCUT2D eigenvalue weighted by atomic mass is 16.5. The molecule has 0 aliphatic carbocycles. The third-order valence-electron chi connectivity index (χ3n) is 6.54. The summed E-state index contributed by atoms with van der Waals surface area (Å²) >= 11 is 0. The molecule has 44 heavy (non-hydrogen) atoms. The van der Waals surface area contributed by atoms with Crippen LogP contribution in [-0.2, 0) is 38.4 Å². The van der Waals surface area contributed by atoms with Crippen LogP contribution in [0.2, 0.25) is 0 Å². The van der Waals surface area contributed by atoms with Crippen LogP contribution >= 0.6 is 0 Å². The molecule has 0 unspecified atom stereocenters. The van der Waals surface area contributed by atoms with Gasteiger partial charge in [0, 0.05) is 6.92 Å². The number of carboxylic acid groups (broad SMARTS) is 1. The van der Waals surface area contributed by atoms with Gasteiger partial charge >= 0.3 is 5.97 Å². The lowest BCUT2D eigenvalue weighted by Crippen LogP contribution is -2.64. The van der Waals surface area contributed by atoms with Gasteiger partial charge in [0.25, 0.3) is 11.7 Å². The smallest absolute Gasteiger partial charge is 0.305 e. The van der Waals surface area contributed by atoms with E-state index in [-0.39, 0.29) is 5.92 Å². The molecule has 0 saturated heterocycles. The third kappa shape index (κ3) is 12.6. The topological polar surface area (TPSA) is 290 Å². The molecule has 18 heteroatoms. The molecule has 10 N–H and O–H groups in total. The first-order valence-electron chi connectivity index (χ1n) is 13.8. The first kappa shape index (κ1) is 39.8. The number of hydrogen-bond donors (Lipinski definition) is 10. The number of hydrogen-bond acceptors (Lipinski definition) is 11. The van der Waals surface area contributed by atoms with Crippen molar-refractivity contribution in [1.29, 1.82) is 0 Å². The van der Waals surface area contributed by atoms with Gasteiger partial charge in [-0.05, 0) is 33.6 Å². The molecule has 0 bridgehead atoms. The first-order valence-corrected chi connectivity index (χ1v) is 13.8. The molecular weight excluding hydrogens is 588 g/mol. The summed E-state index contributed by atoms with van der Waals surface area (Å²) < 4.78 is 0. The van der Waals surface area contributed by atoms with E-state index in [2.05, 4.69) is 26.6 Å². The second kappa shape index (κ2) is 17.8. The van der Waals surface area contributed by atoms with Gasteiger partial charge in [0.2, 0.25) is 29.5 Å². The molecule has 0 aromatic heterocycles. The Morgan fingerprint density at radius 2 is 1.30 bits per heavy atom. The van der Waals surface area contributed by atoms with E-state index in [0.717, 1.165) is 6.92 Å². The number of nitrogens with one attached hydrogen (secondary N) is 6. The minimum absolute atomic E-state index is 0.328. The van der Waals surface area contributed by atoms with Crippen molar-refractivity contribution in [2.75, 3.05) is 0 Å². The Hall–Kier alpha value is -4.16. The van der Waals surface area contributed by atoms with E-state index in [0.29, 0.717) is 12.7 Å². The van der Waals surface area contributed by atoms with Crippen molar-refractivity contribution in [3.05, 3.63) is 0 Å². The van der Waals surface area contributed by atoms with Crippen molar-refractivity contribution in [2.24, 2.45) is 5.92 Å². The number of carbonyl (C=O) groups is 8. The molecule has 0 radical (unpaired) electrons. The van der Waals surface area contributed by atoms with Gasteiger partial charge in [-0.2, -0.15) is 0 Å². The second-order valence-electron chi connectivity index (χ2n) is 10.5. The molecule has 0 saturated carbocycles. The predicted molar refractivity (Wildman–Crippen MR) is 151 cm³/mol. The lowest BCUT2D eigenvalue weighted by Gasteiger charge is -2.31. The second-order valence-corrected chi connectivity index (χ2v) is 10.5. The van der Waals surface area contributed by atoms with Gasteiger partial charge in [-0.1, -0.05) is 20.3 Å². The maximum Gasteiger partial charge on any atom is 0.305 e. The molecular formula is C26H44N6O12. The minimum Gasteiger partial charge on any atom is -0.481 e. The maximum atomic E-state index is 12.9. The van der Waals surface area contributed by atoms with Gasteiger partial charge in [-0.15, -0.1) is 0 Å². The zero-order chi connectivity index (χ0) is 34.5. The maximum absolute atomic E-state index is 12.9. The van der Waals surface area contributed by atoms with Crippen LogP contribution in [0.25, 0.3) is 0 Å². The summed E-state index contributed by atoms with van der Waals surface area (Å²) in [5.74, 6) is -11.3. The van der Waals surface area contributed by atoms with Crippen LogP contribution in [0.4, 0.5) is 0 Å². The fourth-order valence-electron chi connectivity index (χ4n) is 3.58. The summed E-state index contributed by atoms with van der Waals surface area (Å²) in [7, 11) is 0. The monoisotopic (exact) mass is 632 g/mol. The molecule has 18 nitrogen and oxygen atoms in total. The number of amides is 6. The number of aliphatic hydroxyl groups is 3. The fraction of sp³-hybridized carbons (Fsp3) is 0.692. The Morgan fingerprint density at radius 1 is 0.750 bits per heavy atom. The van der Waals surface area contributed by atoms with Gasteiger partial charge in [-0.25, -0.2) is 0 Å². The Morgan fingerprint density at radius 3 is 1.75 bits per heavy atom. The summed E-state index contributed by atoms with van der Waals surface area (Å²) in [6, 6.07) is -8.65. The molecule has 0 heterocycles. The number of aliphatic carboxylic acids is 1. The van der Waals surface area contributed by atoms with Gasteiger partial charge < -0.3 is 57.1 Å². The average molecular weight is 633 g/mol. The van der Waals surface area contributed by atoms with Gasteiger partial charge in [0.05, 0.1) is 24.6 Å². The zero-order valence-corrected chi connectivity index (χ0v) is 25.7. The van der Waals surface area contributed by atoms with Crippen molar-refractivity contribution < 1.29 is 58.8 Å². The Bertz CT molecular complexity index is 1080. The lowest BCUT2D eigenvalue weighted by molar-refractivity contribution is -0.196. The molecule has 0 aliphatic heterocycles. The SMILES string of the molecule is CC[C@H](C)[C@H](NC(C)=O)C(=O)N[C@H](C(=O)N[C@@H](C)C(=O)N[C@@H](C)C(O)(O)C(=O)N[C@@H](CC(=O)O)C(=O)N[C@@H](C)C=O)[C@@H](C)O. The quantitative estimate of drug-likeness (QED) is 0.0508. The molecule has 0 spiro atoms. The van der Waals surface area contributed by atoms with Crippen LogP contribution in [-0.4, -0.2) is 116 Å². The largest absolute Gasteiger partial charge is 0.481 e. The Labute approximate surface area is 254 Å². The Kier molecular flexibility index (Phi) is 16.1. The van der Waals surface area contributed by atoms with Crippen molar-refractivity contribution >= 4 is 47.7 Å². The number of carbonyl (C=O) groups excluding carboxylic acids is 7. The van der Waals surface area contributed by atoms with Gasteiger partial charge in [-0.3, -0.25) is 33.6 Å². The molecule has 0 rings (SSSR count). The first-order chi connectivity index (χ1) is 20.2. The molecule has 0 aromatic rings. The third-order valence-corrected chi connectivity index (χ3v) is 6.54. The van der Waals surface area contributed by atoms with Crippen LogP contribution in [0.1, 0.15) is 61.3 Å². The van der Waals surface area contributed by atoms with Crippen molar-refractivity contribution in [1.82, 2.24) is 31.9 Å². The minimum atomic E-state index is -3.39. The molecule has 0 aromatic carbocycles. The number of aldehydes is 1. The molecule has 0 aliphatic rings. The average Bonchev–Trinajstić information content (AvgIpc) is 2.92. The van der Waals surface area contributed by atoms with E-state index in [4.69, 9.17) is 5.11 Å². The number of rotatable bonds is 18. The molecule has 6 amide bonds. The van der Waals surface area contributed by atoms with E-state index in [1.807, 2.05) is 5.32 Å². The summed E-state index contributed by atoms with van der Waals surface area (Å²) in [5.41, 5.74) is 0. The summed E-state index contributed by atoms with van der Waals surface area (Å²) in [6.07, 6.45) is -1.59. The Balaban J connectivity index is 5.53. The van der Waals surface area contributed by atoms with Crippen molar-refractivity contribution in [3.8, 4) is 0 Å². The lowest BCUT2D eigenvalue weighted by atomic mass is 9.97. The normalized spacial score (nSPS) is 16.7. The fourth-order valence-corrected chi connectivity index (χ4v) is 3.58. The van der Waals surface area contributed by atoms with Crippen LogP contribution in [0.3, 0.4) is 0 Å². The summed E-state index contributed by atoms with van der Waals surface area (Å²) in [5, 5.41) is 53.1. The van der Waals surface area contributed by atoms with Crippen LogP contribution in [0, 0.1) is 5.92 Å². The van der Waals surface area contributed by atoms with Crippen LogP contribution in [0.5, 0.6) is 0 Å². The highest BCUT2D eigenvalue weighted by Crippen LogP contribution is 2.11. The molecule has 0 fully saturated rings. The highest BCUT2D eigenvalue weighted by Gasteiger charge is 2.43. The van der Waals surface area contributed by atoms with Crippen LogP contribution in [0.15, 0.2) is 0 Å². The van der Waals surface area contributed by atoms with E-state index in [1.165, 1.54) is 27.7 Å². The number of aliphatic hydroxyl groups excluding tert-OH is 1. The van der Waals surface area contributed by atoms with Crippen molar-refractivity contribution in [3.63, 3.8) is 0 Å². The van der Waals surface area contributed by atoms with Gasteiger partial charge in [0.15, 0.2) is 0 Å². The number of carboxylic acids is 1. The van der Waals surface area contributed by atoms with E-state index in [1.54, 1.807) is 13.8 Å².